The number of carbonyl (C=O) groups excluding carboxylic acids is 1. The van der Waals surface area contributed by atoms with Crippen LogP contribution in [0.1, 0.15) is 10.4 Å². The van der Waals surface area contributed by atoms with Crippen LogP contribution in [0.2, 0.25) is 0 Å². The Kier molecular flexibility index (Phi) is 10.8. The summed E-state index contributed by atoms with van der Waals surface area (Å²) in [7, 11) is -9.70. The van der Waals surface area contributed by atoms with Crippen molar-refractivity contribution in [2.75, 3.05) is 11.1 Å². The monoisotopic (exact) mass is 586 g/mol. The van der Waals surface area contributed by atoms with Crippen molar-refractivity contribution < 1.29 is 95.0 Å². The van der Waals surface area contributed by atoms with Crippen LogP contribution in [0.5, 0.6) is 5.75 Å². The Hall–Kier alpha value is -2.37. The third-order valence-electron chi connectivity index (χ3n) is 5.14. The van der Waals surface area contributed by atoms with Crippen LogP contribution in [0.3, 0.4) is 0 Å². The number of nitrogen functional groups attached to an aromatic ring is 1. The number of nitrogens with zero attached hydrogens (tertiary/aromatic N) is 2. The minimum absolute atomic E-state index is 0. The molecule has 0 aliphatic carbocycles. The Bertz CT molecular complexity index is 1800. The van der Waals surface area contributed by atoms with Crippen LogP contribution in [0.4, 0.5) is 22.7 Å². The predicted molar refractivity (Wildman–Crippen MR) is 131 cm³/mol. The SMILES string of the molecule is Nc1ccc2cc(S(=O)(=O)[O-])cc([O-])c2c1N=Nc1ccc(NC(=O)c2ccccc2)c(S(=O)(=O)O)c1.[Na+].[Na+]. The Morgan fingerprint density at radius 3 is 2.18 bits per heavy atom. The fourth-order valence-corrected chi connectivity index (χ4v) is 4.62. The van der Waals surface area contributed by atoms with Gasteiger partial charge in [0.2, 0.25) is 0 Å². The maximum Gasteiger partial charge on any atom is 1.00 e. The number of nitrogens with two attached hydrogens (primary N) is 1. The van der Waals surface area contributed by atoms with Gasteiger partial charge in [0, 0.05) is 10.9 Å². The first-order valence-electron chi connectivity index (χ1n) is 10.2. The molecule has 0 fully saturated rings. The first-order valence-corrected chi connectivity index (χ1v) is 13.1. The molecule has 4 N–H and O–H groups in total. The number of hydrogen-bond donors (Lipinski definition) is 3. The maximum atomic E-state index is 12.6. The van der Waals surface area contributed by atoms with Gasteiger partial charge in [0.1, 0.15) is 20.7 Å². The van der Waals surface area contributed by atoms with Gasteiger partial charge in [0.25, 0.3) is 16.0 Å². The molecule has 0 bridgehead atoms. The van der Waals surface area contributed by atoms with Crippen molar-refractivity contribution in [1.82, 2.24) is 0 Å². The second-order valence-electron chi connectivity index (χ2n) is 7.65. The van der Waals surface area contributed by atoms with Crippen molar-refractivity contribution in [1.29, 1.82) is 0 Å². The summed E-state index contributed by atoms with van der Waals surface area (Å²) in [5.41, 5.74) is 5.71. The molecule has 1 amide bonds. The van der Waals surface area contributed by atoms with E-state index in [4.69, 9.17) is 5.73 Å². The van der Waals surface area contributed by atoms with Crippen molar-refractivity contribution in [3.63, 3.8) is 0 Å². The second kappa shape index (κ2) is 12.9. The van der Waals surface area contributed by atoms with E-state index in [1.807, 2.05) is 0 Å². The molecular weight excluding hydrogens is 570 g/mol. The van der Waals surface area contributed by atoms with E-state index in [0.717, 1.165) is 12.1 Å². The van der Waals surface area contributed by atoms with E-state index < -0.39 is 41.7 Å². The van der Waals surface area contributed by atoms with Gasteiger partial charge >= 0.3 is 59.1 Å². The first-order chi connectivity index (χ1) is 17.3. The molecule has 0 unspecified atom stereocenters. The van der Waals surface area contributed by atoms with Gasteiger partial charge < -0.3 is 20.7 Å². The number of hydrogen-bond acceptors (Lipinski definition) is 10. The van der Waals surface area contributed by atoms with Crippen molar-refractivity contribution in [2.45, 2.75) is 9.79 Å². The standard InChI is InChI=1S/C23H18N4O8S2.2Na/c24-17-8-6-14-10-16(36(30,31)32)12-19(28)21(14)22(17)27-26-15-7-9-18(20(11-15)37(33,34)35)25-23(29)13-4-2-1-3-5-13;;/h1-12,28H,24H2,(H,25,29)(H,30,31,32)(H,33,34,35);;/q;2*+1/p-2. The fraction of sp³-hybridized carbons (Fsp3) is 0. The molecule has 4 aromatic rings. The zero-order valence-corrected chi connectivity index (χ0v) is 26.2. The normalized spacial score (nSPS) is 11.5. The average molecular weight is 587 g/mol. The molecule has 0 spiro atoms. The van der Waals surface area contributed by atoms with E-state index in [0.29, 0.717) is 6.07 Å². The van der Waals surface area contributed by atoms with Gasteiger partial charge in [-0.05, 0) is 47.9 Å². The van der Waals surface area contributed by atoms with Crippen LogP contribution in [-0.2, 0) is 20.2 Å². The number of anilines is 2. The van der Waals surface area contributed by atoms with E-state index in [1.165, 1.54) is 36.4 Å². The summed E-state index contributed by atoms with van der Waals surface area (Å²) in [6, 6.07) is 15.7. The summed E-state index contributed by atoms with van der Waals surface area (Å²) in [4.78, 5) is 11.1. The van der Waals surface area contributed by atoms with Gasteiger partial charge in [-0.1, -0.05) is 36.1 Å². The van der Waals surface area contributed by atoms with Crippen LogP contribution in [-0.4, -0.2) is 31.8 Å². The number of benzene rings is 4. The molecule has 4 aromatic carbocycles. The summed E-state index contributed by atoms with van der Waals surface area (Å²) in [5, 5.41) is 22.7. The maximum absolute atomic E-state index is 12.6. The predicted octanol–water partition coefficient (Wildman–Crippen LogP) is -2.68. The zero-order valence-electron chi connectivity index (χ0n) is 20.5. The summed E-state index contributed by atoms with van der Waals surface area (Å²) in [6.07, 6.45) is 0. The van der Waals surface area contributed by atoms with Crippen LogP contribution in [0.15, 0.2) is 92.8 Å². The van der Waals surface area contributed by atoms with Gasteiger partial charge in [0.05, 0.1) is 22.0 Å². The molecular formula is C23H16N4Na2O8S2. The van der Waals surface area contributed by atoms with Crippen LogP contribution in [0, 0.1) is 0 Å². The number of rotatable bonds is 6. The largest absolute Gasteiger partial charge is 1.00 e. The molecule has 0 aliphatic heterocycles. The van der Waals surface area contributed by atoms with E-state index in [-0.39, 0.29) is 98.2 Å². The van der Waals surface area contributed by atoms with Crippen LogP contribution < -0.4 is 75.3 Å². The van der Waals surface area contributed by atoms with Crippen LogP contribution in [0.25, 0.3) is 10.8 Å². The number of nitrogens with one attached hydrogen (secondary N) is 1. The Morgan fingerprint density at radius 2 is 1.56 bits per heavy atom. The van der Waals surface area contributed by atoms with E-state index in [9.17, 15) is 35.8 Å². The van der Waals surface area contributed by atoms with Crippen molar-refractivity contribution in [3.05, 3.63) is 78.4 Å². The van der Waals surface area contributed by atoms with Crippen LogP contribution >= 0.6 is 0 Å². The molecule has 0 aliphatic rings. The zero-order chi connectivity index (χ0) is 27.0. The quantitative estimate of drug-likeness (QED) is 0.0928. The smallest absolute Gasteiger partial charge is 0.872 e. The third kappa shape index (κ3) is 7.64. The van der Waals surface area contributed by atoms with Crippen molar-refractivity contribution in [3.8, 4) is 5.75 Å². The number of amides is 1. The third-order valence-corrected chi connectivity index (χ3v) is 6.85. The molecule has 39 heavy (non-hydrogen) atoms. The molecule has 0 saturated carbocycles. The van der Waals surface area contributed by atoms with E-state index >= 15 is 0 Å². The number of carbonyl (C=O) groups is 1. The van der Waals surface area contributed by atoms with E-state index in [2.05, 4.69) is 15.5 Å². The van der Waals surface area contributed by atoms with Crippen molar-refractivity contribution >= 4 is 59.7 Å². The topological polar surface area (TPSA) is 214 Å². The van der Waals surface area contributed by atoms with Gasteiger partial charge in [-0.15, -0.1) is 5.11 Å². The summed E-state index contributed by atoms with van der Waals surface area (Å²) in [5.74, 6) is -1.46. The fourth-order valence-electron chi connectivity index (χ4n) is 3.43. The Morgan fingerprint density at radius 1 is 0.897 bits per heavy atom. The number of fused-ring (bicyclic) bond motifs is 1. The summed E-state index contributed by atoms with van der Waals surface area (Å²) >= 11 is 0. The minimum Gasteiger partial charge on any atom is -0.872 e. The Balaban J connectivity index is 0.00000267. The molecule has 0 aromatic heterocycles. The Labute approximate surface area is 267 Å². The molecule has 0 heterocycles. The van der Waals surface area contributed by atoms with Crippen molar-refractivity contribution in [2.24, 2.45) is 10.2 Å². The molecule has 0 saturated heterocycles. The van der Waals surface area contributed by atoms with Gasteiger partial charge in [-0.3, -0.25) is 9.35 Å². The molecule has 16 heteroatoms. The first kappa shape index (κ1) is 32.8. The average Bonchev–Trinajstić information content (AvgIpc) is 2.83. The van der Waals surface area contributed by atoms with Gasteiger partial charge in [-0.25, -0.2) is 8.42 Å². The molecule has 190 valence electrons. The molecule has 0 radical (unpaired) electrons. The summed E-state index contributed by atoms with van der Waals surface area (Å²) in [6.45, 7) is 0. The second-order valence-corrected chi connectivity index (χ2v) is 10.4. The number of azo groups is 1. The van der Waals surface area contributed by atoms with E-state index in [1.54, 1.807) is 18.2 Å². The molecule has 12 nitrogen and oxygen atoms in total. The van der Waals surface area contributed by atoms with Gasteiger partial charge in [-0.2, -0.15) is 13.5 Å². The minimum atomic E-state index is -4.89. The summed E-state index contributed by atoms with van der Waals surface area (Å²) < 4.78 is 67.6. The molecule has 4 rings (SSSR count). The van der Waals surface area contributed by atoms with Gasteiger partial charge in [0.15, 0.2) is 0 Å². The molecule has 0 atom stereocenters.